The maximum absolute atomic E-state index is 13.3. The fourth-order valence-electron chi connectivity index (χ4n) is 5.08. The van der Waals surface area contributed by atoms with E-state index in [1.807, 2.05) is 12.1 Å². The first kappa shape index (κ1) is 20.4. The van der Waals surface area contributed by atoms with Crippen LogP contribution in [-0.2, 0) is 0 Å². The summed E-state index contributed by atoms with van der Waals surface area (Å²) in [5.74, 6) is 0.816. The molecule has 2 saturated carbocycles. The number of hydrogen-bond donors (Lipinski definition) is 4. The molecule has 3 aromatic rings. The number of nitrogens with zero attached hydrogens (tertiary/aromatic N) is 3. The Labute approximate surface area is 191 Å². The molecule has 1 saturated heterocycles. The highest BCUT2D eigenvalue weighted by Gasteiger charge is 2.43. The van der Waals surface area contributed by atoms with E-state index >= 15 is 0 Å². The molecule has 9 heteroatoms. The Balaban J connectivity index is 1.28. The Kier molecular flexibility index (Phi) is 4.77. The molecule has 3 fully saturated rings. The van der Waals surface area contributed by atoms with Crippen molar-refractivity contribution in [3.05, 3.63) is 41.9 Å². The van der Waals surface area contributed by atoms with Crippen molar-refractivity contribution in [2.24, 2.45) is 17.6 Å². The maximum Gasteiger partial charge on any atom is 0.263 e. The average molecular weight is 449 g/mol. The second-order valence-electron chi connectivity index (χ2n) is 9.64. The summed E-state index contributed by atoms with van der Waals surface area (Å²) < 4.78 is 5.68. The lowest BCUT2D eigenvalue weighted by molar-refractivity contribution is 0.0594. The Morgan fingerprint density at radius 1 is 1.21 bits per heavy atom. The number of anilines is 3. The summed E-state index contributed by atoms with van der Waals surface area (Å²) in [6.07, 6.45) is 9.17. The number of amides is 1. The van der Waals surface area contributed by atoms with Crippen LogP contribution in [0.2, 0.25) is 0 Å². The molecule has 6 rings (SSSR count). The van der Waals surface area contributed by atoms with Gasteiger partial charge in [-0.05, 0) is 55.2 Å². The molecule has 1 amide bonds. The minimum atomic E-state index is -0.502. The highest BCUT2D eigenvalue weighted by Crippen LogP contribution is 2.43. The number of furan rings is 1. The molecule has 0 aromatic carbocycles. The number of aliphatic hydroxyl groups is 1. The first-order chi connectivity index (χ1) is 16.0. The molecule has 3 aliphatic rings. The molecule has 0 spiro atoms. The van der Waals surface area contributed by atoms with Gasteiger partial charge in [-0.3, -0.25) is 14.8 Å². The van der Waals surface area contributed by atoms with Gasteiger partial charge >= 0.3 is 0 Å². The van der Waals surface area contributed by atoms with Crippen LogP contribution in [0.1, 0.15) is 47.5 Å². The van der Waals surface area contributed by atoms with Gasteiger partial charge in [-0.15, -0.1) is 0 Å². The van der Waals surface area contributed by atoms with Gasteiger partial charge in [-0.2, -0.15) is 0 Å². The van der Waals surface area contributed by atoms with E-state index in [-0.39, 0.29) is 23.4 Å². The van der Waals surface area contributed by atoms with Gasteiger partial charge in [0.05, 0.1) is 23.7 Å². The van der Waals surface area contributed by atoms with E-state index in [2.05, 4.69) is 20.2 Å². The summed E-state index contributed by atoms with van der Waals surface area (Å²) in [7, 11) is 0. The summed E-state index contributed by atoms with van der Waals surface area (Å²) in [5.41, 5.74) is 16.1. The summed E-state index contributed by atoms with van der Waals surface area (Å²) in [6, 6.07) is 3.45. The predicted molar refractivity (Wildman–Crippen MR) is 125 cm³/mol. The molecule has 3 aromatic heterocycles. The maximum atomic E-state index is 13.3. The first-order valence-corrected chi connectivity index (χ1v) is 11.6. The number of carbonyl (C=O) groups excluding carboxylic acids is 1. The largest absolute Gasteiger partial charge is 0.438 e. The number of hydrogen-bond acceptors (Lipinski definition) is 8. The molecule has 6 N–H and O–H groups in total. The van der Waals surface area contributed by atoms with E-state index in [1.165, 1.54) is 0 Å². The van der Waals surface area contributed by atoms with E-state index in [4.69, 9.17) is 15.9 Å². The number of nitrogen functional groups attached to an aromatic ring is 1. The van der Waals surface area contributed by atoms with Crippen LogP contribution < -0.4 is 21.7 Å². The third-order valence-corrected chi connectivity index (χ3v) is 7.21. The van der Waals surface area contributed by atoms with Crippen molar-refractivity contribution in [2.75, 3.05) is 29.0 Å². The molecule has 1 unspecified atom stereocenters. The number of nitrogens with two attached hydrogens (primary N) is 2. The van der Waals surface area contributed by atoms with Gasteiger partial charge in [-0.1, -0.05) is 0 Å². The monoisotopic (exact) mass is 448 g/mol. The minimum absolute atomic E-state index is 0.0466. The van der Waals surface area contributed by atoms with E-state index < -0.39 is 12.0 Å². The van der Waals surface area contributed by atoms with E-state index in [1.54, 1.807) is 18.6 Å². The number of nitrogens with one attached hydrogen (secondary N) is 1. The van der Waals surface area contributed by atoms with Gasteiger partial charge in [0.1, 0.15) is 11.1 Å². The fourth-order valence-corrected chi connectivity index (χ4v) is 5.08. The third kappa shape index (κ3) is 3.71. The van der Waals surface area contributed by atoms with Crippen LogP contribution in [0.25, 0.3) is 11.1 Å². The first-order valence-electron chi connectivity index (χ1n) is 11.6. The van der Waals surface area contributed by atoms with Crippen molar-refractivity contribution in [3.8, 4) is 0 Å². The van der Waals surface area contributed by atoms with Gasteiger partial charge in [0, 0.05) is 37.4 Å². The lowest BCUT2D eigenvalue weighted by Crippen LogP contribution is -2.57. The van der Waals surface area contributed by atoms with Gasteiger partial charge in [0.2, 0.25) is 5.88 Å². The van der Waals surface area contributed by atoms with Crippen molar-refractivity contribution in [2.45, 2.75) is 43.7 Å². The van der Waals surface area contributed by atoms with E-state index in [9.17, 15) is 9.90 Å². The zero-order chi connectivity index (χ0) is 22.7. The molecular weight excluding hydrogens is 420 g/mol. The van der Waals surface area contributed by atoms with Crippen LogP contribution in [0.4, 0.5) is 17.3 Å². The standard InChI is InChI=1S/C24H28N6O3/c25-16-11-30(10-15(22(16)31)13-3-4-13)18-5-6-27-9-17(18)29-24(32)20-21-19(33-23(20)26)7-14(8-28-21)12-1-2-12/h5-9,12-13,15-16,22,31H,1-4,10-11,25-26H2,(H,29,32)/t15?,16-,22-/m1/s1. The van der Waals surface area contributed by atoms with Crippen LogP contribution in [-0.4, -0.2) is 46.2 Å². The smallest absolute Gasteiger partial charge is 0.263 e. The van der Waals surface area contributed by atoms with Gasteiger partial charge in [-0.25, -0.2) is 0 Å². The predicted octanol–water partition coefficient (Wildman–Crippen LogP) is 2.47. The summed E-state index contributed by atoms with van der Waals surface area (Å²) in [4.78, 5) is 24.1. The molecule has 4 heterocycles. The molecule has 0 bridgehead atoms. The molecule has 172 valence electrons. The second kappa shape index (κ2) is 7.71. The average Bonchev–Trinajstić information content (AvgIpc) is 3.71. The quantitative estimate of drug-likeness (QED) is 0.466. The van der Waals surface area contributed by atoms with E-state index in [0.717, 1.165) is 36.9 Å². The third-order valence-electron chi connectivity index (χ3n) is 7.21. The van der Waals surface area contributed by atoms with Crippen LogP contribution in [0, 0.1) is 11.8 Å². The van der Waals surface area contributed by atoms with Crippen molar-refractivity contribution < 1.29 is 14.3 Å². The molecule has 2 aliphatic carbocycles. The van der Waals surface area contributed by atoms with Crippen molar-refractivity contribution in [3.63, 3.8) is 0 Å². The molecule has 3 atom stereocenters. The Morgan fingerprint density at radius 2 is 2.03 bits per heavy atom. The van der Waals surface area contributed by atoms with E-state index in [0.29, 0.717) is 41.7 Å². The number of aromatic nitrogens is 2. The van der Waals surface area contributed by atoms with Crippen LogP contribution in [0.3, 0.4) is 0 Å². The SMILES string of the molecule is Nc1oc2cc(C3CC3)cnc2c1C(=O)Nc1cnccc1N1CC(C2CC2)[C@@H](O)[C@H](N)C1. The zero-order valence-electron chi connectivity index (χ0n) is 18.3. The lowest BCUT2D eigenvalue weighted by atomic mass is 9.87. The Morgan fingerprint density at radius 3 is 2.79 bits per heavy atom. The molecular formula is C24H28N6O3. The van der Waals surface area contributed by atoms with Gasteiger partial charge < -0.3 is 31.2 Å². The molecule has 33 heavy (non-hydrogen) atoms. The fraction of sp³-hybridized carbons (Fsp3) is 0.458. The second-order valence-corrected chi connectivity index (χ2v) is 9.64. The van der Waals surface area contributed by atoms with Crippen LogP contribution >= 0.6 is 0 Å². The van der Waals surface area contributed by atoms with Crippen molar-refractivity contribution in [1.82, 2.24) is 9.97 Å². The number of piperidine rings is 1. The number of pyridine rings is 2. The molecule has 0 radical (unpaired) electrons. The summed E-state index contributed by atoms with van der Waals surface area (Å²) in [6.45, 7) is 1.19. The number of fused-ring (bicyclic) bond motifs is 1. The normalized spacial score (nSPS) is 25.4. The number of carbonyl (C=O) groups is 1. The molecule has 1 aliphatic heterocycles. The molecule has 9 nitrogen and oxygen atoms in total. The zero-order valence-corrected chi connectivity index (χ0v) is 18.3. The number of rotatable bonds is 5. The van der Waals surface area contributed by atoms with Crippen molar-refractivity contribution in [1.29, 1.82) is 0 Å². The highest BCUT2D eigenvalue weighted by atomic mass is 16.3. The Hall–Kier alpha value is -3.17. The van der Waals surface area contributed by atoms with Crippen molar-refractivity contribution >= 4 is 34.3 Å². The highest BCUT2D eigenvalue weighted by molar-refractivity contribution is 6.15. The van der Waals surface area contributed by atoms with Gasteiger partial charge in [0.15, 0.2) is 5.58 Å². The Bertz CT molecular complexity index is 1220. The van der Waals surface area contributed by atoms with Crippen LogP contribution in [0.5, 0.6) is 0 Å². The summed E-state index contributed by atoms with van der Waals surface area (Å²) in [5, 5.41) is 13.5. The van der Waals surface area contributed by atoms with Crippen LogP contribution in [0.15, 0.2) is 35.1 Å². The topological polar surface area (TPSA) is 144 Å². The number of aliphatic hydroxyl groups excluding tert-OH is 1. The van der Waals surface area contributed by atoms with Gasteiger partial charge in [0.25, 0.3) is 5.91 Å². The summed E-state index contributed by atoms with van der Waals surface area (Å²) >= 11 is 0. The lowest BCUT2D eigenvalue weighted by Gasteiger charge is -2.42. The minimum Gasteiger partial charge on any atom is -0.438 e.